The quantitative estimate of drug-likeness (QED) is 0.461. The fourth-order valence-corrected chi connectivity index (χ4v) is 3.68. The highest BCUT2D eigenvalue weighted by Crippen LogP contribution is 2.24. The Kier molecular flexibility index (Phi) is 5.82. The molecule has 3 aromatic heterocycles. The van der Waals surface area contributed by atoms with E-state index in [2.05, 4.69) is 25.6 Å². The number of halogens is 1. The number of hydrogen-bond acceptors (Lipinski definition) is 6. The summed E-state index contributed by atoms with van der Waals surface area (Å²) in [6.07, 6.45) is 3.41. The Morgan fingerprint density at radius 2 is 1.80 bits per heavy atom. The first-order chi connectivity index (χ1) is 14.5. The molecule has 0 aliphatic rings. The molecular formula is C20H18ClN7OS. The summed E-state index contributed by atoms with van der Waals surface area (Å²) >= 11 is 7.26. The number of carbonyl (C=O) groups is 1. The topological polar surface area (TPSA) is 90.5 Å². The van der Waals surface area contributed by atoms with Crippen LogP contribution in [-0.2, 0) is 18.9 Å². The first-order valence-electron chi connectivity index (χ1n) is 9.03. The van der Waals surface area contributed by atoms with Crippen molar-refractivity contribution < 1.29 is 4.79 Å². The van der Waals surface area contributed by atoms with Crippen LogP contribution in [0.15, 0.2) is 60.0 Å². The molecule has 152 valence electrons. The van der Waals surface area contributed by atoms with E-state index in [0.29, 0.717) is 16.0 Å². The maximum Gasteiger partial charge on any atom is 0.235 e. The summed E-state index contributed by atoms with van der Waals surface area (Å²) in [5.41, 5.74) is 2.60. The Labute approximate surface area is 182 Å². The molecule has 0 aliphatic carbocycles. The number of hydrogen-bond donors (Lipinski definition) is 1. The molecule has 0 saturated heterocycles. The van der Waals surface area contributed by atoms with Crippen molar-refractivity contribution in [1.29, 1.82) is 0 Å². The van der Waals surface area contributed by atoms with E-state index in [1.807, 2.05) is 54.1 Å². The molecule has 4 rings (SSSR count). The molecule has 0 radical (unpaired) electrons. The third kappa shape index (κ3) is 4.37. The van der Waals surface area contributed by atoms with Crippen molar-refractivity contribution in [2.24, 2.45) is 14.1 Å². The number of aryl methyl sites for hydroxylation is 1. The van der Waals surface area contributed by atoms with E-state index in [-0.39, 0.29) is 11.7 Å². The average molecular weight is 440 g/mol. The zero-order valence-electron chi connectivity index (χ0n) is 16.3. The van der Waals surface area contributed by atoms with Crippen molar-refractivity contribution in [3.05, 3.63) is 59.9 Å². The number of benzene rings is 1. The molecule has 8 nitrogen and oxygen atoms in total. The highest BCUT2D eigenvalue weighted by Gasteiger charge is 2.14. The van der Waals surface area contributed by atoms with Gasteiger partial charge in [-0.2, -0.15) is 5.10 Å². The molecule has 0 bridgehead atoms. The molecule has 0 spiro atoms. The van der Waals surface area contributed by atoms with Crippen LogP contribution in [0.4, 0.5) is 5.82 Å². The van der Waals surface area contributed by atoms with Crippen molar-refractivity contribution in [1.82, 2.24) is 29.5 Å². The largest absolute Gasteiger partial charge is 0.310 e. The summed E-state index contributed by atoms with van der Waals surface area (Å²) in [5.74, 6) is 1.38. The summed E-state index contributed by atoms with van der Waals surface area (Å²) in [6, 6.07) is 13.0. The minimum atomic E-state index is -0.154. The van der Waals surface area contributed by atoms with Crippen molar-refractivity contribution in [2.75, 3.05) is 11.1 Å². The van der Waals surface area contributed by atoms with E-state index in [0.717, 1.165) is 22.6 Å². The van der Waals surface area contributed by atoms with Gasteiger partial charge in [-0.3, -0.25) is 14.5 Å². The summed E-state index contributed by atoms with van der Waals surface area (Å²) in [4.78, 5) is 16.5. The number of thioether (sulfide) groups is 1. The Bertz CT molecular complexity index is 1170. The zero-order chi connectivity index (χ0) is 21.1. The predicted molar refractivity (Wildman–Crippen MR) is 117 cm³/mol. The van der Waals surface area contributed by atoms with Gasteiger partial charge in [-0.15, -0.1) is 10.2 Å². The van der Waals surface area contributed by atoms with Gasteiger partial charge in [0.2, 0.25) is 5.91 Å². The molecule has 1 aromatic carbocycles. The van der Waals surface area contributed by atoms with E-state index < -0.39 is 0 Å². The lowest BCUT2D eigenvalue weighted by Gasteiger charge is -2.05. The first kappa shape index (κ1) is 20.1. The van der Waals surface area contributed by atoms with Gasteiger partial charge in [0.05, 0.1) is 11.4 Å². The zero-order valence-corrected chi connectivity index (χ0v) is 17.9. The molecule has 0 unspecified atom stereocenters. The van der Waals surface area contributed by atoms with Crippen molar-refractivity contribution in [3.63, 3.8) is 0 Å². The Balaban J connectivity index is 1.40. The lowest BCUT2D eigenvalue weighted by atomic mass is 10.1. The summed E-state index contributed by atoms with van der Waals surface area (Å²) in [6.45, 7) is 0. The standard InChI is InChI=1S/C20H18ClN7OS/c1-27-19(14-7-9-22-10-8-14)24-25-20(27)30-12-18(29)23-17-11-16(26-28(17)2)13-3-5-15(21)6-4-13/h3-11H,12H2,1-2H3,(H,23,29). The van der Waals surface area contributed by atoms with E-state index in [9.17, 15) is 4.79 Å². The van der Waals surface area contributed by atoms with Crippen LogP contribution < -0.4 is 5.32 Å². The number of anilines is 1. The number of rotatable bonds is 6. The highest BCUT2D eigenvalue weighted by atomic mass is 35.5. The summed E-state index contributed by atoms with van der Waals surface area (Å²) in [7, 11) is 3.65. The number of carbonyl (C=O) groups excluding carboxylic acids is 1. The molecule has 1 N–H and O–H groups in total. The Hall–Kier alpha value is -3.17. The smallest absolute Gasteiger partial charge is 0.235 e. The number of nitrogens with zero attached hydrogens (tertiary/aromatic N) is 6. The monoisotopic (exact) mass is 439 g/mol. The first-order valence-corrected chi connectivity index (χ1v) is 10.4. The molecule has 0 fully saturated rings. The van der Waals surface area contributed by atoms with Gasteiger partial charge in [0.1, 0.15) is 5.82 Å². The number of pyridine rings is 1. The maximum absolute atomic E-state index is 12.5. The van der Waals surface area contributed by atoms with Crippen molar-refractivity contribution in [3.8, 4) is 22.6 Å². The molecule has 0 saturated carbocycles. The molecule has 0 aliphatic heterocycles. The van der Waals surface area contributed by atoms with Crippen LogP contribution in [0.1, 0.15) is 0 Å². The van der Waals surface area contributed by atoms with E-state index in [4.69, 9.17) is 11.6 Å². The maximum atomic E-state index is 12.5. The normalized spacial score (nSPS) is 10.9. The van der Waals surface area contributed by atoms with Gasteiger partial charge in [0.25, 0.3) is 0 Å². The van der Waals surface area contributed by atoms with Crippen LogP contribution in [0.25, 0.3) is 22.6 Å². The van der Waals surface area contributed by atoms with Gasteiger partial charge >= 0.3 is 0 Å². The van der Waals surface area contributed by atoms with Crippen LogP contribution >= 0.6 is 23.4 Å². The Morgan fingerprint density at radius 3 is 2.53 bits per heavy atom. The number of amides is 1. The van der Waals surface area contributed by atoms with Gasteiger partial charge in [-0.1, -0.05) is 35.5 Å². The fourth-order valence-electron chi connectivity index (χ4n) is 2.85. The van der Waals surface area contributed by atoms with Crippen LogP contribution in [0.3, 0.4) is 0 Å². The average Bonchev–Trinajstić information content (AvgIpc) is 3.30. The van der Waals surface area contributed by atoms with Crippen LogP contribution in [-0.4, -0.2) is 41.2 Å². The van der Waals surface area contributed by atoms with Crippen molar-refractivity contribution in [2.45, 2.75) is 5.16 Å². The summed E-state index contributed by atoms with van der Waals surface area (Å²) in [5, 5.41) is 17.1. The van der Waals surface area contributed by atoms with Crippen LogP contribution in [0.5, 0.6) is 0 Å². The summed E-state index contributed by atoms with van der Waals surface area (Å²) < 4.78 is 3.49. The van der Waals surface area contributed by atoms with Gasteiger partial charge in [0.15, 0.2) is 11.0 Å². The third-order valence-electron chi connectivity index (χ3n) is 4.39. The number of nitrogens with one attached hydrogen (secondary N) is 1. The fraction of sp³-hybridized carbons (Fsp3) is 0.150. The molecule has 3 heterocycles. The highest BCUT2D eigenvalue weighted by molar-refractivity contribution is 7.99. The SMILES string of the molecule is Cn1nc(-c2ccc(Cl)cc2)cc1NC(=O)CSc1nnc(-c2ccncc2)n1C. The molecule has 30 heavy (non-hydrogen) atoms. The lowest BCUT2D eigenvalue weighted by Crippen LogP contribution is -2.16. The second-order valence-electron chi connectivity index (χ2n) is 6.48. The van der Waals surface area contributed by atoms with E-state index in [1.165, 1.54) is 11.8 Å². The van der Waals surface area contributed by atoms with E-state index in [1.54, 1.807) is 24.1 Å². The third-order valence-corrected chi connectivity index (χ3v) is 5.67. The van der Waals surface area contributed by atoms with Crippen LogP contribution in [0, 0.1) is 0 Å². The molecule has 0 atom stereocenters. The lowest BCUT2D eigenvalue weighted by molar-refractivity contribution is -0.113. The van der Waals surface area contributed by atoms with Gasteiger partial charge in [-0.05, 0) is 24.3 Å². The number of aromatic nitrogens is 6. The van der Waals surface area contributed by atoms with Crippen molar-refractivity contribution >= 4 is 35.1 Å². The molecule has 4 aromatic rings. The molecule has 10 heteroatoms. The molecular weight excluding hydrogens is 422 g/mol. The second kappa shape index (κ2) is 8.68. The minimum absolute atomic E-state index is 0.154. The minimum Gasteiger partial charge on any atom is -0.310 e. The van der Waals surface area contributed by atoms with Gasteiger partial charge in [-0.25, -0.2) is 0 Å². The van der Waals surface area contributed by atoms with E-state index >= 15 is 0 Å². The Morgan fingerprint density at radius 1 is 1.07 bits per heavy atom. The van der Waals surface area contributed by atoms with Gasteiger partial charge < -0.3 is 9.88 Å². The van der Waals surface area contributed by atoms with Gasteiger partial charge in [0, 0.05) is 48.7 Å². The van der Waals surface area contributed by atoms with Crippen LogP contribution in [0.2, 0.25) is 5.02 Å². The molecule has 1 amide bonds. The predicted octanol–water partition coefficient (Wildman–Crippen LogP) is 3.66. The second-order valence-corrected chi connectivity index (χ2v) is 7.86.